The molecular weight excluding hydrogens is 530 g/mol. The lowest BCUT2D eigenvalue weighted by molar-refractivity contribution is -0.145. The number of hydrogen-bond donors (Lipinski definition) is 5. The zero-order valence-corrected chi connectivity index (χ0v) is 23.4. The van der Waals surface area contributed by atoms with Crippen LogP contribution >= 0.6 is 0 Å². The smallest absolute Gasteiger partial charge is 0.344 e. The summed E-state index contributed by atoms with van der Waals surface area (Å²) >= 11 is 0. The molecule has 6 N–H and O–H groups in total. The van der Waals surface area contributed by atoms with Gasteiger partial charge in [-0.3, -0.25) is 4.79 Å². The van der Waals surface area contributed by atoms with Crippen molar-refractivity contribution in [3.05, 3.63) is 76.5 Å². The van der Waals surface area contributed by atoms with E-state index in [0.717, 1.165) is 5.56 Å². The molecule has 3 rings (SSSR count). The maximum absolute atomic E-state index is 13.2. The fourth-order valence-corrected chi connectivity index (χ4v) is 3.83. The quantitative estimate of drug-likeness (QED) is 0.0676. The Balaban J connectivity index is 1.89. The number of amides is 1. The summed E-state index contributed by atoms with van der Waals surface area (Å²) in [4.78, 5) is 29.7. The van der Waals surface area contributed by atoms with E-state index in [0.29, 0.717) is 39.7 Å². The predicted molar refractivity (Wildman–Crippen MR) is 153 cm³/mol. The van der Waals surface area contributed by atoms with Crippen LogP contribution in [0.15, 0.2) is 53.8 Å². The van der Waals surface area contributed by atoms with Gasteiger partial charge in [0.05, 0.1) is 24.9 Å². The van der Waals surface area contributed by atoms with Gasteiger partial charge in [0.2, 0.25) is 0 Å². The fourth-order valence-electron chi connectivity index (χ4n) is 3.83. The van der Waals surface area contributed by atoms with Crippen molar-refractivity contribution in [2.45, 2.75) is 47.0 Å². The molecule has 3 aromatic rings. The summed E-state index contributed by atoms with van der Waals surface area (Å²) in [7, 11) is 0. The number of oxime groups is 1. The minimum absolute atomic E-state index is 0.0462. The summed E-state index contributed by atoms with van der Waals surface area (Å²) < 4.78 is 16.7. The SMILES string of the molecule is CCOC(=O)COc1c(CNc2ncc(C)cc2C(=O)Nc2ccc(/C(N)=N/O)cc2)cc(CO)cc1OC(C)C. The van der Waals surface area contributed by atoms with Crippen molar-refractivity contribution in [3.8, 4) is 11.5 Å². The molecule has 0 bridgehead atoms. The Hall–Kier alpha value is -4.84. The van der Waals surface area contributed by atoms with Crippen LogP contribution in [-0.4, -0.2) is 52.3 Å². The van der Waals surface area contributed by atoms with Crippen LogP contribution in [0.3, 0.4) is 0 Å². The highest BCUT2D eigenvalue weighted by Gasteiger charge is 2.19. The number of aryl methyl sites for hydroxylation is 1. The topological polar surface area (TPSA) is 178 Å². The van der Waals surface area contributed by atoms with Gasteiger partial charge in [-0.2, -0.15) is 0 Å². The van der Waals surface area contributed by atoms with Crippen molar-refractivity contribution < 1.29 is 34.1 Å². The van der Waals surface area contributed by atoms with E-state index in [2.05, 4.69) is 20.8 Å². The van der Waals surface area contributed by atoms with Gasteiger partial charge in [-0.15, -0.1) is 0 Å². The number of aliphatic hydroxyl groups is 1. The van der Waals surface area contributed by atoms with E-state index < -0.39 is 11.9 Å². The summed E-state index contributed by atoms with van der Waals surface area (Å²) in [5.41, 5.74) is 8.81. The van der Waals surface area contributed by atoms with Gasteiger partial charge in [0.25, 0.3) is 5.91 Å². The lowest BCUT2D eigenvalue weighted by Gasteiger charge is -2.20. The molecule has 0 saturated carbocycles. The number of anilines is 2. The number of carbonyl (C=O) groups is 2. The maximum Gasteiger partial charge on any atom is 0.344 e. The summed E-state index contributed by atoms with van der Waals surface area (Å²) in [5.74, 6) is -0.0229. The molecule has 1 heterocycles. The van der Waals surface area contributed by atoms with E-state index in [1.54, 1.807) is 55.6 Å². The number of esters is 1. The van der Waals surface area contributed by atoms with E-state index in [1.807, 2.05) is 20.8 Å². The molecule has 1 amide bonds. The molecule has 218 valence electrons. The normalized spacial score (nSPS) is 11.2. The van der Waals surface area contributed by atoms with Gasteiger partial charge < -0.3 is 40.9 Å². The molecule has 0 saturated heterocycles. The molecule has 0 aliphatic rings. The van der Waals surface area contributed by atoms with E-state index in [1.165, 1.54) is 0 Å². The van der Waals surface area contributed by atoms with Crippen molar-refractivity contribution in [3.63, 3.8) is 0 Å². The van der Waals surface area contributed by atoms with Gasteiger partial charge in [-0.05, 0) is 81.3 Å². The third-order valence-electron chi connectivity index (χ3n) is 5.64. The number of nitrogens with zero attached hydrogens (tertiary/aromatic N) is 2. The predicted octanol–water partition coefficient (Wildman–Crippen LogP) is 3.57. The molecule has 12 heteroatoms. The third kappa shape index (κ3) is 8.57. The Labute approximate surface area is 238 Å². The van der Waals surface area contributed by atoms with Gasteiger partial charge in [-0.25, -0.2) is 9.78 Å². The zero-order chi connectivity index (χ0) is 29.9. The number of nitrogens with one attached hydrogen (secondary N) is 2. The van der Waals surface area contributed by atoms with Crippen LogP contribution in [0.2, 0.25) is 0 Å². The number of amidine groups is 1. The molecule has 0 fully saturated rings. The van der Waals surface area contributed by atoms with E-state index in [-0.39, 0.29) is 43.9 Å². The summed E-state index contributed by atoms with van der Waals surface area (Å²) in [6, 6.07) is 11.6. The Kier molecular flexibility index (Phi) is 10.9. The number of hydrogen-bond acceptors (Lipinski definition) is 10. The van der Waals surface area contributed by atoms with Crippen LogP contribution < -0.4 is 25.8 Å². The summed E-state index contributed by atoms with van der Waals surface area (Å²) in [5, 5.41) is 27.7. The first-order valence-corrected chi connectivity index (χ1v) is 13.0. The third-order valence-corrected chi connectivity index (χ3v) is 5.64. The molecule has 1 aromatic heterocycles. The van der Waals surface area contributed by atoms with Gasteiger partial charge >= 0.3 is 5.97 Å². The number of ether oxygens (including phenoxy) is 3. The zero-order valence-electron chi connectivity index (χ0n) is 23.4. The average molecular weight is 566 g/mol. The number of aromatic nitrogens is 1. The lowest BCUT2D eigenvalue weighted by atomic mass is 10.1. The first kappa shape index (κ1) is 30.7. The standard InChI is InChI=1S/C29H35N5O7/c1-5-39-25(36)16-40-26-21(11-19(15-35)12-24(26)41-17(2)3)14-32-28-23(10-18(4)13-31-28)29(37)33-22-8-6-20(7-9-22)27(30)34-38/h6-13,17,35,38H,5,14-16H2,1-4H3,(H2,30,34)(H,31,32)(H,33,37). The first-order chi connectivity index (χ1) is 19.6. The molecular formula is C29H35N5O7. The van der Waals surface area contributed by atoms with Crippen molar-refractivity contribution in [2.75, 3.05) is 23.8 Å². The highest BCUT2D eigenvalue weighted by atomic mass is 16.6. The van der Waals surface area contributed by atoms with Crippen LogP contribution in [0, 0.1) is 6.92 Å². The molecule has 0 atom stereocenters. The van der Waals surface area contributed by atoms with Gasteiger partial charge in [-0.1, -0.05) is 5.16 Å². The number of benzene rings is 2. The minimum Gasteiger partial charge on any atom is -0.487 e. The van der Waals surface area contributed by atoms with Crippen molar-refractivity contribution in [1.29, 1.82) is 0 Å². The van der Waals surface area contributed by atoms with Crippen molar-refractivity contribution in [1.82, 2.24) is 4.98 Å². The largest absolute Gasteiger partial charge is 0.487 e. The number of nitrogens with two attached hydrogens (primary N) is 1. The fraction of sp³-hybridized carbons (Fsp3) is 0.310. The van der Waals surface area contributed by atoms with Gasteiger partial charge in [0.1, 0.15) is 5.82 Å². The Bertz CT molecular complexity index is 1390. The number of pyridine rings is 1. The second kappa shape index (κ2) is 14.5. The summed E-state index contributed by atoms with van der Waals surface area (Å²) in [6.07, 6.45) is 1.42. The monoisotopic (exact) mass is 565 g/mol. The molecule has 0 radical (unpaired) electrons. The van der Waals surface area contributed by atoms with Gasteiger partial charge in [0.15, 0.2) is 23.9 Å². The van der Waals surface area contributed by atoms with Crippen LogP contribution in [0.1, 0.15) is 53.4 Å². The van der Waals surface area contributed by atoms with E-state index in [4.69, 9.17) is 25.2 Å². The number of aliphatic hydroxyl groups excluding tert-OH is 1. The average Bonchev–Trinajstić information content (AvgIpc) is 2.95. The molecule has 0 aliphatic carbocycles. The molecule has 41 heavy (non-hydrogen) atoms. The van der Waals surface area contributed by atoms with Crippen molar-refractivity contribution >= 4 is 29.2 Å². The van der Waals surface area contributed by atoms with Crippen LogP contribution in [0.4, 0.5) is 11.5 Å². The highest BCUT2D eigenvalue weighted by Crippen LogP contribution is 2.35. The van der Waals surface area contributed by atoms with E-state index >= 15 is 0 Å². The Morgan fingerprint density at radius 1 is 1.15 bits per heavy atom. The second-order valence-corrected chi connectivity index (χ2v) is 9.28. The molecule has 0 aliphatic heterocycles. The molecule has 0 spiro atoms. The first-order valence-electron chi connectivity index (χ1n) is 13.0. The maximum atomic E-state index is 13.2. The van der Waals surface area contributed by atoms with Crippen LogP contribution in [0.5, 0.6) is 11.5 Å². The highest BCUT2D eigenvalue weighted by molar-refractivity contribution is 6.07. The lowest BCUT2D eigenvalue weighted by Crippen LogP contribution is -2.18. The molecule has 12 nitrogen and oxygen atoms in total. The number of carbonyl (C=O) groups excluding carboxylic acids is 2. The molecule has 2 aromatic carbocycles. The molecule has 0 unspecified atom stereocenters. The van der Waals surface area contributed by atoms with E-state index in [9.17, 15) is 14.7 Å². The van der Waals surface area contributed by atoms with Crippen LogP contribution in [0.25, 0.3) is 0 Å². The Morgan fingerprint density at radius 2 is 1.88 bits per heavy atom. The second-order valence-electron chi connectivity index (χ2n) is 9.28. The number of rotatable bonds is 13. The Morgan fingerprint density at radius 3 is 2.51 bits per heavy atom. The van der Waals surface area contributed by atoms with Crippen molar-refractivity contribution in [2.24, 2.45) is 10.9 Å². The summed E-state index contributed by atoms with van der Waals surface area (Å²) in [6.45, 7) is 6.99. The minimum atomic E-state index is -0.535. The van der Waals surface area contributed by atoms with Gasteiger partial charge in [0, 0.05) is 29.6 Å². The van der Waals surface area contributed by atoms with Crippen LogP contribution in [-0.2, 0) is 22.7 Å².